The van der Waals surface area contributed by atoms with Gasteiger partial charge in [-0.25, -0.2) is 4.98 Å². The summed E-state index contributed by atoms with van der Waals surface area (Å²) in [5, 5.41) is 10.4. The molecular formula is C28H33Cl2N5O2. The van der Waals surface area contributed by atoms with Crippen LogP contribution in [0.5, 0.6) is 0 Å². The highest BCUT2D eigenvalue weighted by molar-refractivity contribution is 6.34. The molecule has 0 bridgehead atoms. The maximum absolute atomic E-state index is 12.8. The van der Waals surface area contributed by atoms with Gasteiger partial charge in [0.05, 0.1) is 32.3 Å². The Bertz CT molecular complexity index is 1310. The molecule has 37 heavy (non-hydrogen) atoms. The molecule has 1 heterocycles. The van der Waals surface area contributed by atoms with Gasteiger partial charge in [0.2, 0.25) is 11.9 Å². The Morgan fingerprint density at radius 1 is 0.973 bits per heavy atom. The van der Waals surface area contributed by atoms with E-state index in [0.29, 0.717) is 39.3 Å². The molecule has 0 saturated heterocycles. The third-order valence-corrected chi connectivity index (χ3v) is 8.27. The van der Waals surface area contributed by atoms with E-state index in [1.807, 2.05) is 29.8 Å². The molecule has 2 saturated carbocycles. The van der Waals surface area contributed by atoms with Crippen molar-refractivity contribution in [3.63, 3.8) is 0 Å². The molecule has 0 aliphatic heterocycles. The largest absolute Gasteiger partial charge is 0.352 e. The lowest BCUT2D eigenvalue weighted by Gasteiger charge is -2.20. The Balaban J connectivity index is 1.31. The molecule has 2 aromatic carbocycles. The van der Waals surface area contributed by atoms with Crippen LogP contribution in [0.2, 0.25) is 10.0 Å². The Morgan fingerprint density at radius 3 is 2.46 bits per heavy atom. The zero-order valence-corrected chi connectivity index (χ0v) is 22.6. The maximum atomic E-state index is 12.8. The van der Waals surface area contributed by atoms with Crippen molar-refractivity contribution < 1.29 is 9.59 Å². The molecule has 0 unspecified atom stereocenters. The predicted molar refractivity (Wildman–Crippen MR) is 149 cm³/mol. The number of nitrogens with zero attached hydrogens (tertiary/aromatic N) is 2. The second-order valence-electron chi connectivity index (χ2n) is 10.3. The number of anilines is 2. The molecule has 1 aromatic heterocycles. The fraction of sp³-hybridized carbons (Fsp3) is 0.464. The summed E-state index contributed by atoms with van der Waals surface area (Å²) in [6.45, 7) is 0.443. The van der Waals surface area contributed by atoms with Crippen LogP contribution in [0.1, 0.15) is 73.7 Å². The van der Waals surface area contributed by atoms with Crippen LogP contribution in [0.15, 0.2) is 30.3 Å². The van der Waals surface area contributed by atoms with E-state index in [1.165, 1.54) is 6.42 Å². The molecule has 2 amide bonds. The van der Waals surface area contributed by atoms with E-state index in [9.17, 15) is 9.59 Å². The molecular weight excluding hydrogens is 509 g/mol. The summed E-state index contributed by atoms with van der Waals surface area (Å²) in [6.07, 6.45) is 9.72. The molecule has 3 aromatic rings. The van der Waals surface area contributed by atoms with Crippen molar-refractivity contribution in [1.82, 2.24) is 20.2 Å². The first-order valence-electron chi connectivity index (χ1n) is 13.2. The van der Waals surface area contributed by atoms with Crippen LogP contribution >= 0.6 is 23.2 Å². The van der Waals surface area contributed by atoms with Crippen LogP contribution in [0.3, 0.4) is 0 Å². The number of imidazole rings is 1. The maximum Gasteiger partial charge on any atom is 0.253 e. The predicted octanol–water partition coefficient (Wildman–Crippen LogP) is 6.49. The van der Waals surface area contributed by atoms with Crippen LogP contribution in [0.4, 0.5) is 11.6 Å². The molecule has 9 heteroatoms. The van der Waals surface area contributed by atoms with Crippen molar-refractivity contribution in [3.05, 3.63) is 51.5 Å². The van der Waals surface area contributed by atoms with Gasteiger partial charge in [0.25, 0.3) is 5.91 Å². The van der Waals surface area contributed by atoms with Gasteiger partial charge in [-0.15, -0.1) is 0 Å². The second-order valence-corrected chi connectivity index (χ2v) is 11.1. The monoisotopic (exact) mass is 541 g/mol. The summed E-state index contributed by atoms with van der Waals surface area (Å²) in [6, 6.07) is 9.39. The van der Waals surface area contributed by atoms with Gasteiger partial charge in [-0.2, -0.15) is 0 Å². The van der Waals surface area contributed by atoms with Crippen molar-refractivity contribution >= 4 is 57.7 Å². The van der Waals surface area contributed by atoms with Gasteiger partial charge < -0.3 is 20.5 Å². The van der Waals surface area contributed by atoms with E-state index < -0.39 is 0 Å². The van der Waals surface area contributed by atoms with Gasteiger partial charge in [0, 0.05) is 25.6 Å². The fourth-order valence-corrected chi connectivity index (χ4v) is 5.84. The van der Waals surface area contributed by atoms with Crippen LogP contribution < -0.4 is 16.0 Å². The molecule has 0 spiro atoms. The van der Waals surface area contributed by atoms with E-state index in [2.05, 4.69) is 16.0 Å². The number of carbonyl (C=O) groups excluding carboxylic acids is 2. The van der Waals surface area contributed by atoms with Crippen LogP contribution in [0.25, 0.3) is 11.0 Å². The first-order chi connectivity index (χ1) is 17.9. The van der Waals surface area contributed by atoms with E-state index in [1.54, 1.807) is 12.1 Å². The normalized spacial score (nSPS) is 16.7. The number of carbonyl (C=O) groups is 2. The molecule has 0 radical (unpaired) electrons. The first kappa shape index (κ1) is 25.9. The van der Waals surface area contributed by atoms with Gasteiger partial charge in [-0.05, 0) is 55.5 Å². The van der Waals surface area contributed by atoms with Crippen molar-refractivity contribution in [3.8, 4) is 0 Å². The molecule has 2 aliphatic carbocycles. The van der Waals surface area contributed by atoms with Crippen molar-refractivity contribution in [1.29, 1.82) is 0 Å². The number of nitrogens with one attached hydrogen (secondary N) is 3. The fourth-order valence-electron chi connectivity index (χ4n) is 5.43. The van der Waals surface area contributed by atoms with E-state index in [4.69, 9.17) is 28.2 Å². The minimum Gasteiger partial charge on any atom is -0.352 e. The Kier molecular flexibility index (Phi) is 7.91. The summed E-state index contributed by atoms with van der Waals surface area (Å²) in [5.41, 5.74) is 3.54. The van der Waals surface area contributed by atoms with Crippen molar-refractivity contribution in [2.24, 2.45) is 13.0 Å². The summed E-state index contributed by atoms with van der Waals surface area (Å²) in [5.74, 6) is 0.662. The number of fused-ring (bicyclic) bond motifs is 1. The number of hydrogen-bond donors (Lipinski definition) is 3. The Labute approximate surface area is 227 Å². The average molecular weight is 543 g/mol. The molecule has 5 rings (SSSR count). The third-order valence-electron chi connectivity index (χ3n) is 7.62. The highest BCUT2D eigenvalue weighted by Gasteiger charge is 2.22. The summed E-state index contributed by atoms with van der Waals surface area (Å²) < 4.78 is 1.88. The summed E-state index contributed by atoms with van der Waals surface area (Å²) in [4.78, 5) is 30.1. The highest BCUT2D eigenvalue weighted by Crippen LogP contribution is 2.31. The van der Waals surface area contributed by atoms with E-state index in [0.717, 1.165) is 62.4 Å². The number of benzene rings is 2. The first-order valence-corrected chi connectivity index (χ1v) is 13.9. The quantitative estimate of drug-likeness (QED) is 0.318. The second kappa shape index (κ2) is 11.3. The van der Waals surface area contributed by atoms with Crippen molar-refractivity contribution in [2.75, 3.05) is 5.32 Å². The Hall–Kier alpha value is -2.77. The third kappa shape index (κ3) is 5.88. The lowest BCUT2D eigenvalue weighted by Crippen LogP contribution is -2.32. The minimum absolute atomic E-state index is 0.121. The average Bonchev–Trinajstić information content (AvgIpc) is 3.52. The molecule has 3 N–H and O–H groups in total. The molecule has 0 atom stereocenters. The number of aromatic nitrogens is 2. The van der Waals surface area contributed by atoms with Crippen LogP contribution in [-0.2, 0) is 18.4 Å². The van der Waals surface area contributed by atoms with Gasteiger partial charge in [0.1, 0.15) is 0 Å². The van der Waals surface area contributed by atoms with E-state index in [-0.39, 0.29) is 23.8 Å². The van der Waals surface area contributed by atoms with Gasteiger partial charge in [-0.1, -0.05) is 61.4 Å². The topological polar surface area (TPSA) is 88.1 Å². The molecule has 2 fully saturated rings. The number of rotatable bonds is 7. The standard InChI is InChI=1S/C28H33Cl2N5O2/c1-35-25-15-22(30)20(27(37)32-19-9-5-6-10-19)14-24(25)34-28(35)33-23-13-17(11-12-21(23)29)16-31-26(36)18-7-3-2-4-8-18/h11-15,18-19H,2-10,16H2,1H3,(H,31,36)(H,32,37)(H,33,34). The lowest BCUT2D eigenvalue weighted by atomic mass is 9.88. The number of hydrogen-bond acceptors (Lipinski definition) is 4. The zero-order chi connectivity index (χ0) is 25.9. The van der Waals surface area contributed by atoms with Gasteiger partial charge in [-0.3, -0.25) is 9.59 Å². The van der Waals surface area contributed by atoms with Crippen LogP contribution in [-0.4, -0.2) is 27.4 Å². The molecule has 7 nitrogen and oxygen atoms in total. The SMILES string of the molecule is Cn1c(Nc2cc(CNC(=O)C3CCCCC3)ccc2Cl)nc2cc(C(=O)NC3CCCC3)c(Cl)cc21. The number of amides is 2. The molecule has 196 valence electrons. The molecule has 2 aliphatic rings. The highest BCUT2D eigenvalue weighted by atomic mass is 35.5. The summed E-state index contributed by atoms with van der Waals surface area (Å²) in [7, 11) is 1.88. The van der Waals surface area contributed by atoms with Gasteiger partial charge >= 0.3 is 0 Å². The van der Waals surface area contributed by atoms with E-state index >= 15 is 0 Å². The summed E-state index contributed by atoms with van der Waals surface area (Å²) >= 11 is 13.0. The zero-order valence-electron chi connectivity index (χ0n) is 21.1. The van der Waals surface area contributed by atoms with Crippen molar-refractivity contribution in [2.45, 2.75) is 70.4 Å². The minimum atomic E-state index is -0.162. The Morgan fingerprint density at radius 2 is 1.70 bits per heavy atom. The lowest BCUT2D eigenvalue weighted by molar-refractivity contribution is -0.126. The van der Waals surface area contributed by atoms with Gasteiger partial charge in [0.15, 0.2) is 0 Å². The number of aryl methyl sites for hydroxylation is 1. The van der Waals surface area contributed by atoms with Crippen LogP contribution in [0, 0.1) is 5.92 Å². The smallest absolute Gasteiger partial charge is 0.253 e. The number of halogens is 2.